The molecule has 1 aliphatic carbocycles. The van der Waals surface area contributed by atoms with Crippen molar-refractivity contribution in [2.75, 3.05) is 26.7 Å². The number of rotatable bonds is 7. The zero-order chi connectivity index (χ0) is 31.4. The van der Waals surface area contributed by atoms with E-state index in [1.54, 1.807) is 4.57 Å². The second-order valence-electron chi connectivity index (χ2n) is 12.7. The Hall–Kier alpha value is -3.23. The molecule has 2 aromatic carbocycles. The Morgan fingerprint density at radius 2 is 1.81 bits per heavy atom. The lowest BCUT2D eigenvalue weighted by atomic mass is 9.78. The van der Waals surface area contributed by atoms with Crippen LogP contribution in [0.2, 0.25) is 0 Å². The summed E-state index contributed by atoms with van der Waals surface area (Å²) in [4.78, 5) is 43.8. The van der Waals surface area contributed by atoms with Crippen LogP contribution in [0.3, 0.4) is 0 Å². The van der Waals surface area contributed by atoms with Crippen LogP contribution in [0.15, 0.2) is 41.0 Å². The number of ether oxygens (including phenoxy) is 1. The normalized spacial score (nSPS) is 18.3. The number of likely N-dealkylation sites (N-methyl/N-ethyl adjacent to an activating group) is 1. The molecule has 8 heteroatoms. The fourth-order valence-electron chi connectivity index (χ4n) is 7.34. The minimum atomic E-state index is -0.609. The highest BCUT2D eigenvalue weighted by Crippen LogP contribution is 2.46. The van der Waals surface area contributed by atoms with Gasteiger partial charge in [0.1, 0.15) is 5.75 Å². The predicted octanol–water partition coefficient (Wildman–Crippen LogP) is 6.69. The predicted molar refractivity (Wildman–Crippen MR) is 175 cm³/mol. The molecule has 2 heterocycles. The minimum absolute atomic E-state index is 0.0409. The monoisotopic (exact) mass is 647 g/mol. The molecule has 3 aromatic rings. The summed E-state index contributed by atoms with van der Waals surface area (Å²) in [5, 5.41) is 1.07. The summed E-state index contributed by atoms with van der Waals surface area (Å²) in [5.41, 5.74) is 6.47. The van der Waals surface area contributed by atoms with Gasteiger partial charge in [-0.1, -0.05) is 38.1 Å². The van der Waals surface area contributed by atoms with Crippen molar-refractivity contribution in [2.45, 2.75) is 72.8 Å². The Morgan fingerprint density at radius 1 is 1.12 bits per heavy atom. The Balaban J connectivity index is 1.57. The van der Waals surface area contributed by atoms with Crippen molar-refractivity contribution in [3.05, 3.63) is 68.8 Å². The first kappa shape index (κ1) is 31.2. The van der Waals surface area contributed by atoms with E-state index in [0.29, 0.717) is 25.4 Å². The number of carbonyl (C=O) groups excluding carboxylic acids is 3. The highest BCUT2D eigenvalue weighted by Gasteiger charge is 2.39. The number of carbonyl (C=O) groups is 3. The van der Waals surface area contributed by atoms with Crippen LogP contribution in [0.1, 0.15) is 73.7 Å². The van der Waals surface area contributed by atoms with E-state index in [-0.39, 0.29) is 36.2 Å². The summed E-state index contributed by atoms with van der Waals surface area (Å²) in [6.07, 6.45) is 3.14. The average molecular weight is 649 g/mol. The number of hydrogen-bond acceptors (Lipinski definition) is 5. The first-order valence-corrected chi connectivity index (χ1v) is 15.9. The van der Waals surface area contributed by atoms with E-state index in [2.05, 4.69) is 46.1 Å². The zero-order valence-electron chi connectivity index (χ0n) is 26.5. The van der Waals surface area contributed by atoms with Crippen LogP contribution in [0.25, 0.3) is 16.5 Å². The molecule has 0 saturated heterocycles. The summed E-state index contributed by atoms with van der Waals surface area (Å²) in [5.74, 6) is 0.0419. The van der Waals surface area contributed by atoms with E-state index < -0.39 is 5.41 Å². The number of benzene rings is 2. The maximum atomic E-state index is 14.3. The second-order valence-corrected chi connectivity index (χ2v) is 13.5. The molecule has 0 N–H and O–H groups in total. The van der Waals surface area contributed by atoms with Gasteiger partial charge in [-0.15, -0.1) is 0 Å². The van der Waals surface area contributed by atoms with Crippen molar-refractivity contribution >= 4 is 50.2 Å². The van der Waals surface area contributed by atoms with E-state index in [9.17, 15) is 14.4 Å². The molecular formula is C35H42BrN3O4. The van der Waals surface area contributed by atoms with Crippen LogP contribution in [0.5, 0.6) is 5.75 Å². The Morgan fingerprint density at radius 3 is 2.47 bits per heavy atom. The van der Waals surface area contributed by atoms with Gasteiger partial charge in [0.05, 0.1) is 16.0 Å². The molecule has 2 aliphatic rings. The lowest BCUT2D eigenvalue weighted by molar-refractivity contribution is -0.134. The number of nitrogens with zero attached hydrogens (tertiary/aromatic N) is 3. The van der Waals surface area contributed by atoms with E-state index in [1.165, 1.54) is 6.92 Å². The molecule has 5 rings (SSSR count). The van der Waals surface area contributed by atoms with Crippen molar-refractivity contribution in [2.24, 2.45) is 5.92 Å². The van der Waals surface area contributed by atoms with Gasteiger partial charge in [-0.25, -0.2) is 0 Å². The molecule has 2 atom stereocenters. The molecule has 228 valence electrons. The van der Waals surface area contributed by atoms with E-state index in [0.717, 1.165) is 55.3 Å². The van der Waals surface area contributed by atoms with Crippen molar-refractivity contribution in [1.29, 1.82) is 0 Å². The third-order valence-electron chi connectivity index (χ3n) is 9.10. The molecular weight excluding hydrogens is 606 g/mol. The Labute approximate surface area is 263 Å². The molecule has 1 aromatic heterocycles. The van der Waals surface area contributed by atoms with Gasteiger partial charge in [-0.05, 0) is 97.1 Å². The number of halogens is 1. The van der Waals surface area contributed by atoms with Gasteiger partial charge in [0.2, 0.25) is 11.8 Å². The third-order valence-corrected chi connectivity index (χ3v) is 9.94. The van der Waals surface area contributed by atoms with Gasteiger partial charge >= 0.3 is 5.97 Å². The zero-order valence-corrected chi connectivity index (χ0v) is 28.1. The fraction of sp³-hybridized carbons (Fsp3) is 0.457. The van der Waals surface area contributed by atoms with Gasteiger partial charge in [0, 0.05) is 55.4 Å². The molecule has 43 heavy (non-hydrogen) atoms. The van der Waals surface area contributed by atoms with E-state index in [1.807, 2.05) is 64.6 Å². The van der Waals surface area contributed by atoms with Crippen LogP contribution in [-0.4, -0.2) is 64.9 Å². The molecule has 0 fully saturated rings. The number of amides is 1. The topological polar surface area (TPSA) is 71.9 Å². The van der Waals surface area contributed by atoms with E-state index in [4.69, 9.17) is 4.74 Å². The van der Waals surface area contributed by atoms with Gasteiger partial charge in [-0.2, -0.15) is 0 Å². The van der Waals surface area contributed by atoms with Crippen molar-refractivity contribution in [3.8, 4) is 5.75 Å². The second kappa shape index (κ2) is 11.7. The minimum Gasteiger partial charge on any atom is -0.426 e. The lowest BCUT2D eigenvalue weighted by Gasteiger charge is -2.40. The lowest BCUT2D eigenvalue weighted by Crippen LogP contribution is -2.47. The molecule has 1 amide bonds. The molecule has 7 nitrogen and oxygen atoms in total. The van der Waals surface area contributed by atoms with Crippen LogP contribution < -0.4 is 4.74 Å². The van der Waals surface area contributed by atoms with Gasteiger partial charge in [-0.3, -0.25) is 23.9 Å². The first-order valence-electron chi connectivity index (χ1n) is 15.1. The summed E-state index contributed by atoms with van der Waals surface area (Å²) >= 11 is 3.84. The van der Waals surface area contributed by atoms with Crippen molar-refractivity contribution in [1.82, 2.24) is 14.4 Å². The standard InChI is InChI=1S/C35H42BrN3O4/c1-9-38(10-2)34(42)23-16-25-24-12-11-13-27-31(24)26(17-28(25)37(8)19-23)33(36)39(27)30(41)18-35(6,7)32-21(4)14-20(3)15-29(32)43-22(5)40/h11-16,23,28H,9-10,17-19H2,1-8H3/t23-,28-/m1/s1. The van der Waals surface area contributed by atoms with Crippen LogP contribution in [-0.2, 0) is 21.4 Å². The molecule has 0 saturated carbocycles. The summed E-state index contributed by atoms with van der Waals surface area (Å²) in [6, 6.07) is 10.2. The molecule has 0 spiro atoms. The van der Waals surface area contributed by atoms with Gasteiger partial charge in [0.15, 0.2) is 0 Å². The van der Waals surface area contributed by atoms with Crippen molar-refractivity contribution in [3.63, 3.8) is 0 Å². The average Bonchev–Trinajstić information content (AvgIpc) is 3.20. The number of fused-ring (bicyclic) bond motifs is 2. The van der Waals surface area contributed by atoms with E-state index >= 15 is 0 Å². The Kier molecular flexibility index (Phi) is 8.49. The van der Waals surface area contributed by atoms with Gasteiger partial charge < -0.3 is 9.64 Å². The van der Waals surface area contributed by atoms with Crippen LogP contribution in [0, 0.1) is 19.8 Å². The molecule has 1 aliphatic heterocycles. The molecule has 0 radical (unpaired) electrons. The smallest absolute Gasteiger partial charge is 0.308 e. The molecule has 0 unspecified atom stereocenters. The maximum absolute atomic E-state index is 14.3. The first-order chi connectivity index (χ1) is 20.3. The molecule has 0 bridgehead atoms. The summed E-state index contributed by atoms with van der Waals surface area (Å²) < 4.78 is 8.22. The largest absolute Gasteiger partial charge is 0.426 e. The maximum Gasteiger partial charge on any atom is 0.308 e. The highest BCUT2D eigenvalue weighted by atomic mass is 79.9. The highest BCUT2D eigenvalue weighted by molar-refractivity contribution is 9.10. The quantitative estimate of drug-likeness (QED) is 0.211. The third kappa shape index (κ3) is 5.48. The number of aryl methyl sites for hydroxylation is 2. The number of esters is 1. The Bertz CT molecular complexity index is 1660. The summed E-state index contributed by atoms with van der Waals surface area (Å²) in [6.45, 7) is 15.5. The number of hydrogen-bond donors (Lipinski definition) is 0. The number of aromatic nitrogens is 1. The fourth-order valence-corrected chi connectivity index (χ4v) is 8.09. The van der Waals surface area contributed by atoms with Crippen molar-refractivity contribution < 1.29 is 19.1 Å². The summed E-state index contributed by atoms with van der Waals surface area (Å²) in [7, 11) is 2.09. The van der Waals surface area contributed by atoms with Crippen LogP contribution >= 0.6 is 15.9 Å². The van der Waals surface area contributed by atoms with Gasteiger partial charge in [0.25, 0.3) is 0 Å². The van der Waals surface area contributed by atoms with Crippen LogP contribution in [0.4, 0.5) is 0 Å². The SMILES string of the molecule is CCN(CC)C(=O)[C@@H]1C=C2c3cccc4c3c(c(Br)n4C(=O)CC(C)(C)c3c(C)cc(C)cc3OC(C)=O)C[C@H]2N(C)C1.